The molecule has 156 valence electrons. The number of carbonyl (C=O) groups excluding carboxylic acids is 2. The van der Waals surface area contributed by atoms with E-state index in [0.29, 0.717) is 13.0 Å². The molecule has 0 aliphatic carbocycles. The van der Waals surface area contributed by atoms with Crippen molar-refractivity contribution in [3.05, 3.63) is 35.9 Å². The first-order valence-corrected chi connectivity index (χ1v) is 10.1. The van der Waals surface area contributed by atoms with Crippen molar-refractivity contribution in [2.75, 3.05) is 6.61 Å². The van der Waals surface area contributed by atoms with Crippen LogP contribution in [0.5, 0.6) is 0 Å². The third-order valence-corrected chi connectivity index (χ3v) is 5.40. The summed E-state index contributed by atoms with van der Waals surface area (Å²) in [5.41, 5.74) is 1.06. The summed E-state index contributed by atoms with van der Waals surface area (Å²) >= 11 is 0. The Bertz CT molecular complexity index is 646. The van der Waals surface area contributed by atoms with Crippen molar-refractivity contribution >= 4 is 12.0 Å². The molecule has 0 aromatic heterocycles. The average Bonchev–Trinajstić information content (AvgIpc) is 3.06. The van der Waals surface area contributed by atoms with Crippen molar-refractivity contribution in [3.8, 4) is 0 Å². The largest absolute Gasteiger partial charge is 0.447 e. The molecule has 0 radical (unpaired) electrons. The molecule has 28 heavy (non-hydrogen) atoms. The van der Waals surface area contributed by atoms with Gasteiger partial charge in [-0.15, -0.1) is 0 Å². The second kappa shape index (κ2) is 10.0. The Hall–Kier alpha value is -1.92. The number of hydrogen-bond donors (Lipinski definition) is 1. The quantitative estimate of drug-likeness (QED) is 0.696. The molecule has 2 rings (SSSR count). The minimum Gasteiger partial charge on any atom is -0.447 e. The maximum atomic E-state index is 12.9. The van der Waals surface area contributed by atoms with Crippen LogP contribution < -0.4 is 0 Å². The zero-order valence-electron chi connectivity index (χ0n) is 17.5. The first-order valence-electron chi connectivity index (χ1n) is 10.1. The Kier molecular flexibility index (Phi) is 8.01. The zero-order chi connectivity index (χ0) is 20.8. The van der Waals surface area contributed by atoms with Gasteiger partial charge in [-0.25, -0.2) is 9.69 Å². The van der Waals surface area contributed by atoms with E-state index in [4.69, 9.17) is 9.47 Å². The van der Waals surface area contributed by atoms with E-state index in [0.717, 1.165) is 5.56 Å². The van der Waals surface area contributed by atoms with Gasteiger partial charge in [-0.2, -0.15) is 0 Å². The third-order valence-electron chi connectivity index (χ3n) is 5.40. The summed E-state index contributed by atoms with van der Waals surface area (Å²) in [6.45, 7) is 10.3. The Morgan fingerprint density at radius 2 is 1.86 bits per heavy atom. The molecule has 0 spiro atoms. The molecule has 4 atom stereocenters. The Morgan fingerprint density at radius 3 is 2.43 bits per heavy atom. The molecule has 6 nitrogen and oxygen atoms in total. The molecule has 0 saturated carbocycles. The van der Waals surface area contributed by atoms with E-state index < -0.39 is 18.1 Å². The summed E-state index contributed by atoms with van der Waals surface area (Å²) in [6.07, 6.45) is -1.40. The fourth-order valence-corrected chi connectivity index (χ4v) is 3.32. The second-order valence-electron chi connectivity index (χ2n) is 8.27. The highest BCUT2D eigenvalue weighted by Gasteiger charge is 2.42. The van der Waals surface area contributed by atoms with Crippen molar-refractivity contribution in [3.63, 3.8) is 0 Å². The lowest BCUT2D eigenvalue weighted by molar-refractivity contribution is -0.138. The van der Waals surface area contributed by atoms with Crippen LogP contribution in [0.2, 0.25) is 0 Å². The van der Waals surface area contributed by atoms with Gasteiger partial charge >= 0.3 is 6.09 Å². The van der Waals surface area contributed by atoms with Crippen LogP contribution in [0, 0.1) is 17.8 Å². The van der Waals surface area contributed by atoms with Gasteiger partial charge in [-0.05, 0) is 17.4 Å². The molecule has 1 N–H and O–H groups in total. The van der Waals surface area contributed by atoms with Gasteiger partial charge in [0, 0.05) is 6.42 Å². The van der Waals surface area contributed by atoms with Crippen LogP contribution in [0.3, 0.4) is 0 Å². The van der Waals surface area contributed by atoms with E-state index in [1.54, 1.807) is 6.92 Å². The summed E-state index contributed by atoms with van der Waals surface area (Å²) in [4.78, 5) is 26.1. The van der Waals surface area contributed by atoms with Crippen LogP contribution in [-0.4, -0.2) is 46.9 Å². The van der Waals surface area contributed by atoms with Gasteiger partial charge in [0.05, 0.1) is 30.8 Å². The molecule has 1 aromatic carbocycles. The molecule has 0 bridgehead atoms. The van der Waals surface area contributed by atoms with E-state index in [2.05, 4.69) is 0 Å². The van der Waals surface area contributed by atoms with Crippen molar-refractivity contribution in [2.45, 2.75) is 65.9 Å². The van der Waals surface area contributed by atoms with E-state index in [1.165, 1.54) is 4.90 Å². The second-order valence-corrected chi connectivity index (χ2v) is 8.27. The Labute approximate surface area is 167 Å². The van der Waals surface area contributed by atoms with Gasteiger partial charge in [-0.3, -0.25) is 4.79 Å². The predicted octanol–water partition coefficient (Wildman–Crippen LogP) is 3.62. The molecule has 2 amide bonds. The van der Waals surface area contributed by atoms with E-state index in [9.17, 15) is 14.7 Å². The molecule has 1 aliphatic rings. The van der Waals surface area contributed by atoms with Crippen LogP contribution in [0.1, 0.15) is 46.6 Å². The molecule has 1 saturated heterocycles. The smallest absolute Gasteiger partial charge is 0.416 e. The highest BCUT2D eigenvalue weighted by Crippen LogP contribution is 2.25. The summed E-state index contributed by atoms with van der Waals surface area (Å²) < 4.78 is 11.1. The van der Waals surface area contributed by atoms with Crippen molar-refractivity contribution in [1.82, 2.24) is 4.90 Å². The summed E-state index contributed by atoms with van der Waals surface area (Å²) in [5.74, 6) is -0.828. The molecule has 1 fully saturated rings. The van der Waals surface area contributed by atoms with Crippen LogP contribution in [0.4, 0.5) is 4.79 Å². The molecule has 1 aliphatic heterocycles. The number of imide groups is 1. The molecule has 1 aromatic rings. The van der Waals surface area contributed by atoms with Crippen LogP contribution in [0.15, 0.2) is 30.3 Å². The highest BCUT2D eigenvalue weighted by atomic mass is 16.6. The monoisotopic (exact) mass is 391 g/mol. The minimum atomic E-state index is -0.906. The fraction of sp³-hybridized carbons (Fsp3) is 0.636. The lowest BCUT2D eigenvalue weighted by Crippen LogP contribution is -2.47. The molecule has 6 heteroatoms. The van der Waals surface area contributed by atoms with Crippen LogP contribution in [0.25, 0.3) is 0 Å². The first-order chi connectivity index (χ1) is 13.2. The Balaban J connectivity index is 1.98. The van der Waals surface area contributed by atoms with Gasteiger partial charge < -0.3 is 14.6 Å². The lowest BCUT2D eigenvalue weighted by atomic mass is 9.92. The topological polar surface area (TPSA) is 76.1 Å². The lowest BCUT2D eigenvalue weighted by Gasteiger charge is -2.30. The van der Waals surface area contributed by atoms with Crippen LogP contribution in [-0.2, 0) is 20.9 Å². The Morgan fingerprint density at radius 1 is 1.21 bits per heavy atom. The number of hydrogen-bond acceptors (Lipinski definition) is 5. The van der Waals surface area contributed by atoms with Gasteiger partial charge in [0.15, 0.2) is 0 Å². The number of cyclic esters (lactones) is 1. The van der Waals surface area contributed by atoms with E-state index in [1.807, 2.05) is 58.0 Å². The number of aliphatic hydroxyl groups excluding tert-OH is 1. The van der Waals surface area contributed by atoms with Crippen molar-refractivity contribution < 1.29 is 24.2 Å². The van der Waals surface area contributed by atoms with E-state index >= 15 is 0 Å². The minimum absolute atomic E-state index is 0.0948. The van der Waals surface area contributed by atoms with E-state index in [-0.39, 0.29) is 36.5 Å². The summed E-state index contributed by atoms with van der Waals surface area (Å²) in [5, 5.41) is 10.7. The van der Waals surface area contributed by atoms with Crippen molar-refractivity contribution in [1.29, 1.82) is 0 Å². The van der Waals surface area contributed by atoms with Gasteiger partial charge in [0.25, 0.3) is 0 Å². The van der Waals surface area contributed by atoms with Crippen LogP contribution >= 0.6 is 0 Å². The predicted molar refractivity (Wildman–Crippen MR) is 106 cm³/mol. The summed E-state index contributed by atoms with van der Waals surface area (Å²) in [7, 11) is 0. The number of ether oxygens (including phenoxy) is 2. The third kappa shape index (κ3) is 5.55. The number of carbonyl (C=O) groups is 2. The standard InChI is InChI=1S/C22H33NO5/c1-14(2)18-13-28-22(26)23(18)21(25)16(5)19(24)11-20(15(3)4)27-12-17-9-7-6-8-10-17/h6-10,14-16,18-20,24H,11-13H2,1-5H3/t16-,18+,19+,20-/m0/s1. The van der Waals surface area contributed by atoms with Gasteiger partial charge in [0.2, 0.25) is 5.91 Å². The first kappa shape index (κ1) is 22.4. The fourth-order valence-electron chi connectivity index (χ4n) is 3.32. The number of rotatable bonds is 9. The average molecular weight is 392 g/mol. The number of nitrogens with zero attached hydrogens (tertiary/aromatic N) is 1. The highest BCUT2D eigenvalue weighted by molar-refractivity contribution is 5.94. The van der Waals surface area contributed by atoms with Gasteiger partial charge in [-0.1, -0.05) is 65.0 Å². The maximum Gasteiger partial charge on any atom is 0.416 e. The van der Waals surface area contributed by atoms with Crippen molar-refractivity contribution in [2.24, 2.45) is 17.8 Å². The molecular formula is C22H33NO5. The maximum absolute atomic E-state index is 12.9. The SMILES string of the molecule is CC(C)[C@H](C[C@@H](O)[C@H](C)C(=O)N1C(=O)OC[C@@H]1C(C)C)OCc1ccccc1. The summed E-state index contributed by atoms with van der Waals surface area (Å²) in [6, 6.07) is 9.56. The normalized spacial score (nSPS) is 20.4. The molecule has 1 heterocycles. The number of amides is 2. The molecule has 0 unspecified atom stereocenters. The zero-order valence-corrected chi connectivity index (χ0v) is 17.5. The number of aliphatic hydroxyl groups is 1. The number of benzene rings is 1. The van der Waals surface area contributed by atoms with Gasteiger partial charge in [0.1, 0.15) is 6.61 Å². The molecular weight excluding hydrogens is 358 g/mol.